The van der Waals surface area contributed by atoms with Gasteiger partial charge in [-0.05, 0) is 18.6 Å². The van der Waals surface area contributed by atoms with Crippen LogP contribution in [0.3, 0.4) is 0 Å². The van der Waals surface area contributed by atoms with Gasteiger partial charge in [-0.2, -0.15) is 0 Å². The molecular weight excluding hydrogens is 288 g/mol. The van der Waals surface area contributed by atoms with E-state index in [1.807, 2.05) is 25.1 Å². The maximum Gasteiger partial charge on any atom is 0.194 e. The van der Waals surface area contributed by atoms with Crippen molar-refractivity contribution < 1.29 is 14.3 Å². The molecule has 0 unspecified atom stereocenters. The van der Waals surface area contributed by atoms with Gasteiger partial charge in [-0.25, -0.2) is 0 Å². The molecule has 2 aromatic rings. The number of rotatable bonds is 2. The van der Waals surface area contributed by atoms with Gasteiger partial charge in [0, 0.05) is 23.6 Å². The Bertz CT molecular complexity index is 694. The summed E-state index contributed by atoms with van der Waals surface area (Å²) in [7, 11) is 0. The highest BCUT2D eigenvalue weighted by Gasteiger charge is 2.20. The molecule has 0 fully saturated rings. The lowest BCUT2D eigenvalue weighted by molar-refractivity contribution is 0.103. The van der Waals surface area contributed by atoms with Crippen LogP contribution in [-0.2, 0) is 0 Å². The maximum atomic E-state index is 12.7. The Hall–Kier alpha value is -2.00. The molecule has 0 saturated heterocycles. The number of ketones is 1. The standard InChI is InChI=1S/C17H15ClO3/c1-11-5-2-3-6-12(11)17(19)13-9-15-16(10-14(13)18)21-8-4-7-20-15/h2-3,5-6,9-10H,4,7-8H2,1H3. The molecule has 0 amide bonds. The van der Waals surface area contributed by atoms with Crippen molar-refractivity contribution in [3.8, 4) is 11.5 Å². The maximum absolute atomic E-state index is 12.7. The zero-order valence-corrected chi connectivity index (χ0v) is 12.4. The second-order valence-corrected chi connectivity index (χ2v) is 5.38. The van der Waals surface area contributed by atoms with Gasteiger partial charge in [0.2, 0.25) is 0 Å². The second-order valence-electron chi connectivity index (χ2n) is 4.97. The fourth-order valence-electron chi connectivity index (χ4n) is 2.33. The SMILES string of the molecule is Cc1ccccc1C(=O)c1cc2c(cc1Cl)OCCCO2. The first-order valence-electron chi connectivity index (χ1n) is 6.86. The Balaban J connectivity index is 2.05. The van der Waals surface area contributed by atoms with Crippen LogP contribution in [-0.4, -0.2) is 19.0 Å². The van der Waals surface area contributed by atoms with E-state index in [4.69, 9.17) is 21.1 Å². The van der Waals surface area contributed by atoms with Crippen LogP contribution in [0.2, 0.25) is 5.02 Å². The first kappa shape index (κ1) is 14.0. The third-order valence-electron chi connectivity index (χ3n) is 3.47. The van der Waals surface area contributed by atoms with E-state index in [9.17, 15) is 4.79 Å². The first-order valence-corrected chi connectivity index (χ1v) is 7.24. The quantitative estimate of drug-likeness (QED) is 0.785. The highest BCUT2D eigenvalue weighted by Crippen LogP contribution is 2.36. The second kappa shape index (κ2) is 5.78. The zero-order valence-electron chi connectivity index (χ0n) is 11.7. The van der Waals surface area contributed by atoms with Gasteiger partial charge in [-0.3, -0.25) is 4.79 Å². The molecule has 4 heteroatoms. The number of carbonyl (C=O) groups excluding carboxylic acids is 1. The van der Waals surface area contributed by atoms with Crippen LogP contribution in [0.15, 0.2) is 36.4 Å². The van der Waals surface area contributed by atoms with E-state index in [1.165, 1.54) is 0 Å². The molecule has 0 spiro atoms. The number of aryl methyl sites for hydroxylation is 1. The fraction of sp³-hybridized carbons (Fsp3) is 0.235. The van der Waals surface area contributed by atoms with E-state index in [2.05, 4.69) is 0 Å². The number of hydrogen-bond acceptors (Lipinski definition) is 3. The molecule has 0 saturated carbocycles. The summed E-state index contributed by atoms with van der Waals surface area (Å²) in [6, 6.07) is 10.8. The van der Waals surface area contributed by atoms with Crippen molar-refractivity contribution in [3.63, 3.8) is 0 Å². The van der Waals surface area contributed by atoms with Gasteiger partial charge in [0.05, 0.1) is 18.2 Å². The van der Waals surface area contributed by atoms with Crippen LogP contribution < -0.4 is 9.47 Å². The molecule has 2 aromatic carbocycles. The molecule has 3 nitrogen and oxygen atoms in total. The predicted octanol–water partition coefficient (Wildman–Crippen LogP) is 4.04. The van der Waals surface area contributed by atoms with Crippen LogP contribution in [0, 0.1) is 6.92 Å². The molecule has 0 aliphatic carbocycles. The lowest BCUT2D eigenvalue weighted by Gasteiger charge is -2.12. The monoisotopic (exact) mass is 302 g/mol. The number of hydrogen-bond donors (Lipinski definition) is 0. The summed E-state index contributed by atoms with van der Waals surface area (Å²) < 4.78 is 11.2. The molecule has 0 aromatic heterocycles. The third-order valence-corrected chi connectivity index (χ3v) is 3.78. The van der Waals surface area contributed by atoms with Gasteiger partial charge in [-0.1, -0.05) is 35.9 Å². The van der Waals surface area contributed by atoms with Crippen LogP contribution in [0.1, 0.15) is 27.9 Å². The summed E-state index contributed by atoms with van der Waals surface area (Å²) in [5.41, 5.74) is 2.01. The molecule has 0 bridgehead atoms. The molecule has 21 heavy (non-hydrogen) atoms. The normalized spacial score (nSPS) is 13.6. The fourth-order valence-corrected chi connectivity index (χ4v) is 2.57. The number of benzene rings is 2. The summed E-state index contributed by atoms with van der Waals surface area (Å²) in [5.74, 6) is 1.07. The molecule has 0 atom stereocenters. The van der Waals surface area contributed by atoms with E-state index in [0.29, 0.717) is 40.9 Å². The average molecular weight is 303 g/mol. The summed E-state index contributed by atoms with van der Waals surface area (Å²) in [5, 5.41) is 0.382. The molecule has 1 aliphatic heterocycles. The number of ether oxygens (including phenoxy) is 2. The lowest BCUT2D eigenvalue weighted by atomic mass is 9.99. The summed E-state index contributed by atoms with van der Waals surface area (Å²) >= 11 is 6.26. The minimum atomic E-state index is -0.103. The van der Waals surface area contributed by atoms with Crippen molar-refractivity contribution in [3.05, 3.63) is 58.1 Å². The van der Waals surface area contributed by atoms with E-state index < -0.39 is 0 Å². The first-order chi connectivity index (χ1) is 10.2. The van der Waals surface area contributed by atoms with Crippen LogP contribution in [0.5, 0.6) is 11.5 Å². The summed E-state index contributed by atoms with van der Waals surface area (Å²) in [6.45, 7) is 3.07. The van der Waals surface area contributed by atoms with E-state index >= 15 is 0 Å². The number of fused-ring (bicyclic) bond motifs is 1. The summed E-state index contributed by atoms with van der Waals surface area (Å²) in [6.07, 6.45) is 0.813. The summed E-state index contributed by atoms with van der Waals surface area (Å²) in [4.78, 5) is 12.7. The van der Waals surface area contributed by atoms with Crippen molar-refractivity contribution in [1.29, 1.82) is 0 Å². The van der Waals surface area contributed by atoms with Gasteiger partial charge >= 0.3 is 0 Å². The number of carbonyl (C=O) groups is 1. The molecule has 108 valence electrons. The van der Waals surface area contributed by atoms with Crippen molar-refractivity contribution in [2.24, 2.45) is 0 Å². The Morgan fingerprint density at radius 3 is 2.43 bits per heavy atom. The van der Waals surface area contributed by atoms with E-state index in [1.54, 1.807) is 18.2 Å². The Morgan fingerprint density at radius 2 is 1.71 bits per heavy atom. The third kappa shape index (κ3) is 2.74. The van der Waals surface area contributed by atoms with E-state index in [0.717, 1.165) is 12.0 Å². The largest absolute Gasteiger partial charge is 0.490 e. The predicted molar refractivity (Wildman–Crippen MR) is 81.7 cm³/mol. The van der Waals surface area contributed by atoms with Crippen molar-refractivity contribution >= 4 is 17.4 Å². The van der Waals surface area contributed by atoms with Crippen molar-refractivity contribution in [2.75, 3.05) is 13.2 Å². The van der Waals surface area contributed by atoms with Crippen LogP contribution in [0.25, 0.3) is 0 Å². The molecular formula is C17H15ClO3. The molecule has 3 rings (SSSR count). The van der Waals surface area contributed by atoms with Crippen molar-refractivity contribution in [1.82, 2.24) is 0 Å². The molecule has 0 N–H and O–H groups in total. The smallest absolute Gasteiger partial charge is 0.194 e. The van der Waals surface area contributed by atoms with Crippen LogP contribution >= 0.6 is 11.6 Å². The Labute approximate surface area is 128 Å². The molecule has 1 heterocycles. The highest BCUT2D eigenvalue weighted by atomic mass is 35.5. The minimum absolute atomic E-state index is 0.103. The van der Waals surface area contributed by atoms with Gasteiger partial charge < -0.3 is 9.47 Å². The van der Waals surface area contributed by atoms with Gasteiger partial charge in [-0.15, -0.1) is 0 Å². The zero-order chi connectivity index (χ0) is 14.8. The topological polar surface area (TPSA) is 35.5 Å². The highest BCUT2D eigenvalue weighted by molar-refractivity contribution is 6.35. The van der Waals surface area contributed by atoms with Gasteiger partial charge in [0.15, 0.2) is 17.3 Å². The Morgan fingerprint density at radius 1 is 1.05 bits per heavy atom. The van der Waals surface area contributed by atoms with Crippen molar-refractivity contribution in [2.45, 2.75) is 13.3 Å². The number of halogens is 1. The lowest BCUT2D eigenvalue weighted by Crippen LogP contribution is -2.05. The van der Waals surface area contributed by atoms with Gasteiger partial charge in [0.25, 0.3) is 0 Å². The minimum Gasteiger partial charge on any atom is -0.490 e. The molecule has 1 aliphatic rings. The van der Waals surface area contributed by atoms with Crippen LogP contribution in [0.4, 0.5) is 0 Å². The molecule has 0 radical (unpaired) electrons. The van der Waals surface area contributed by atoms with E-state index in [-0.39, 0.29) is 5.78 Å². The average Bonchev–Trinajstić information content (AvgIpc) is 2.71. The van der Waals surface area contributed by atoms with Gasteiger partial charge in [0.1, 0.15) is 0 Å². The Kier molecular flexibility index (Phi) is 3.84.